The second-order valence-corrected chi connectivity index (χ2v) is 11.1. The van der Waals surface area contributed by atoms with Gasteiger partial charge in [-0.2, -0.15) is 0 Å². The van der Waals surface area contributed by atoms with Gasteiger partial charge in [0.1, 0.15) is 6.61 Å². The van der Waals surface area contributed by atoms with Crippen LogP contribution in [0.4, 0.5) is 0 Å². The summed E-state index contributed by atoms with van der Waals surface area (Å²) in [6.45, 7) is 3.77. The normalized spacial score (nSPS) is 13.8. The monoisotopic (exact) mass is 614 g/mol. The molecular formula is C38H62O6. The number of hydrogen-bond acceptors (Lipinski definition) is 6. The molecule has 0 aliphatic rings. The van der Waals surface area contributed by atoms with Crippen molar-refractivity contribution >= 4 is 11.9 Å². The zero-order valence-corrected chi connectivity index (χ0v) is 27.8. The highest BCUT2D eigenvalue weighted by Gasteiger charge is 2.16. The molecule has 0 amide bonds. The molecule has 6 nitrogen and oxygen atoms in total. The Morgan fingerprint density at radius 1 is 0.636 bits per heavy atom. The van der Waals surface area contributed by atoms with Gasteiger partial charge in [0.2, 0.25) is 0 Å². The van der Waals surface area contributed by atoms with Crippen molar-refractivity contribution in [2.75, 3.05) is 13.2 Å². The van der Waals surface area contributed by atoms with Gasteiger partial charge in [0.25, 0.3) is 0 Å². The molecule has 0 aliphatic heterocycles. The van der Waals surface area contributed by atoms with Gasteiger partial charge in [-0.15, -0.1) is 0 Å². The summed E-state index contributed by atoms with van der Waals surface area (Å²) < 4.78 is 10.4. The van der Waals surface area contributed by atoms with Gasteiger partial charge in [-0.1, -0.05) is 145 Å². The van der Waals surface area contributed by atoms with E-state index >= 15 is 0 Å². The summed E-state index contributed by atoms with van der Waals surface area (Å²) in [6, 6.07) is 0. The summed E-state index contributed by atoms with van der Waals surface area (Å²) in [7, 11) is 0. The van der Waals surface area contributed by atoms with Crippen molar-refractivity contribution < 1.29 is 29.3 Å². The van der Waals surface area contributed by atoms with Crippen molar-refractivity contribution in [1.82, 2.24) is 0 Å². The van der Waals surface area contributed by atoms with E-state index in [0.717, 1.165) is 51.4 Å². The number of aliphatic hydroxyl groups is 2. The van der Waals surface area contributed by atoms with E-state index in [1.54, 1.807) is 12.2 Å². The third-order valence-corrected chi connectivity index (χ3v) is 6.88. The van der Waals surface area contributed by atoms with Crippen LogP contribution in [0, 0.1) is 0 Å². The highest BCUT2D eigenvalue weighted by Crippen LogP contribution is 2.12. The molecule has 0 spiro atoms. The van der Waals surface area contributed by atoms with Gasteiger partial charge in [-0.3, -0.25) is 9.59 Å². The van der Waals surface area contributed by atoms with E-state index in [1.165, 1.54) is 44.9 Å². The van der Waals surface area contributed by atoms with Crippen molar-refractivity contribution in [3.8, 4) is 0 Å². The van der Waals surface area contributed by atoms with Gasteiger partial charge < -0.3 is 19.7 Å². The van der Waals surface area contributed by atoms with Crippen molar-refractivity contribution in [1.29, 1.82) is 0 Å². The molecule has 44 heavy (non-hydrogen) atoms. The first-order chi connectivity index (χ1) is 21.5. The molecule has 0 aliphatic carbocycles. The lowest BCUT2D eigenvalue weighted by molar-refractivity contribution is -0.161. The predicted molar refractivity (Wildman–Crippen MR) is 183 cm³/mol. The Balaban J connectivity index is 3.90. The number of aliphatic hydroxyl groups excluding tert-OH is 2. The summed E-state index contributed by atoms with van der Waals surface area (Å²) in [4.78, 5) is 24.1. The number of carbonyl (C=O) groups is 2. The molecule has 2 N–H and O–H groups in total. The number of ether oxygens (including phenoxy) is 2. The average Bonchev–Trinajstić information content (AvgIpc) is 3.02. The Labute approximate surface area is 268 Å². The Morgan fingerprint density at radius 3 is 1.70 bits per heavy atom. The van der Waals surface area contributed by atoms with Crippen LogP contribution in [0.2, 0.25) is 0 Å². The lowest BCUT2D eigenvalue weighted by Crippen LogP contribution is -2.28. The minimum Gasteiger partial charge on any atom is -0.462 e. The molecular weight excluding hydrogens is 552 g/mol. The second kappa shape index (κ2) is 33.2. The van der Waals surface area contributed by atoms with E-state index in [1.807, 2.05) is 12.2 Å². The molecule has 2 atom stereocenters. The largest absolute Gasteiger partial charge is 0.462 e. The van der Waals surface area contributed by atoms with Gasteiger partial charge in [0.15, 0.2) is 6.10 Å². The molecule has 0 heterocycles. The highest BCUT2D eigenvalue weighted by atomic mass is 16.6. The van der Waals surface area contributed by atoms with Crippen LogP contribution in [0.5, 0.6) is 0 Å². The molecule has 1 unspecified atom stereocenters. The number of rotatable bonds is 29. The lowest BCUT2D eigenvalue weighted by atomic mass is 10.1. The molecule has 0 aromatic carbocycles. The van der Waals surface area contributed by atoms with Crippen LogP contribution in [0.1, 0.15) is 129 Å². The summed E-state index contributed by atoms with van der Waals surface area (Å²) in [5, 5.41) is 19.6. The minimum atomic E-state index is -0.895. The molecule has 0 aromatic heterocycles. The molecule has 0 aromatic rings. The molecule has 0 fully saturated rings. The number of esters is 2. The van der Waals surface area contributed by atoms with Crippen LogP contribution in [0.15, 0.2) is 72.9 Å². The quantitative estimate of drug-likeness (QED) is 0.0378. The van der Waals surface area contributed by atoms with Crippen molar-refractivity contribution in [3.63, 3.8) is 0 Å². The number of allylic oxidation sites excluding steroid dienone is 11. The SMILES string of the molecule is CC/C=C\C/C=C\C/C=C\C/C=C\C/C=C\C=C/C(O)CCC(=O)O[C@@H](CO)COC(=O)CCCCCCCCCCCC. The standard InChI is InChI=1S/C38H62O6/c1-3-5-7-9-11-13-15-16-17-18-19-20-21-23-25-27-29-35(40)31-32-38(42)44-36(33-39)34-43-37(41)30-28-26-24-22-14-12-10-8-6-4-2/h5,7,11,13,16-17,19-20,23,25,27,29,35-36,39-40H,3-4,6,8-10,12,14-15,18,21-22,24,26,28,30-34H2,1-2H3/b7-5-,13-11-,17-16-,20-19-,25-23-,29-27-/t35?,36-/m0/s1. The maximum absolute atomic E-state index is 12.1. The first-order valence-corrected chi connectivity index (χ1v) is 17.1. The fraction of sp³-hybridized carbons (Fsp3) is 0.632. The van der Waals surface area contributed by atoms with Gasteiger partial charge in [0.05, 0.1) is 12.7 Å². The van der Waals surface area contributed by atoms with Crippen LogP contribution >= 0.6 is 0 Å². The first-order valence-electron chi connectivity index (χ1n) is 17.1. The van der Waals surface area contributed by atoms with Crippen LogP contribution in [-0.4, -0.2) is 47.6 Å². The third kappa shape index (κ3) is 30.7. The van der Waals surface area contributed by atoms with E-state index < -0.39 is 24.8 Å². The van der Waals surface area contributed by atoms with Crippen LogP contribution < -0.4 is 0 Å². The van der Waals surface area contributed by atoms with Crippen LogP contribution in [0.3, 0.4) is 0 Å². The molecule has 250 valence electrons. The third-order valence-electron chi connectivity index (χ3n) is 6.88. The van der Waals surface area contributed by atoms with E-state index in [9.17, 15) is 19.8 Å². The van der Waals surface area contributed by atoms with E-state index in [4.69, 9.17) is 9.47 Å². The second-order valence-electron chi connectivity index (χ2n) is 11.1. The first kappa shape index (κ1) is 41.3. The van der Waals surface area contributed by atoms with Gasteiger partial charge in [0, 0.05) is 12.8 Å². The van der Waals surface area contributed by atoms with Crippen molar-refractivity contribution in [2.24, 2.45) is 0 Å². The van der Waals surface area contributed by atoms with Gasteiger partial charge >= 0.3 is 11.9 Å². The van der Waals surface area contributed by atoms with E-state index in [0.29, 0.717) is 6.42 Å². The molecule has 0 bridgehead atoms. The summed E-state index contributed by atoms with van der Waals surface area (Å²) in [6.07, 6.45) is 40.0. The van der Waals surface area contributed by atoms with E-state index in [-0.39, 0.29) is 25.4 Å². The zero-order chi connectivity index (χ0) is 32.4. The average molecular weight is 615 g/mol. The molecule has 0 radical (unpaired) electrons. The highest BCUT2D eigenvalue weighted by molar-refractivity contribution is 5.70. The Morgan fingerprint density at radius 2 is 1.16 bits per heavy atom. The summed E-state index contributed by atoms with van der Waals surface area (Å²) in [5.41, 5.74) is 0. The Kier molecular flexibility index (Phi) is 31.2. The maximum atomic E-state index is 12.1. The number of carbonyl (C=O) groups excluding carboxylic acids is 2. The van der Waals surface area contributed by atoms with Crippen LogP contribution in [-0.2, 0) is 19.1 Å². The molecule has 0 saturated heterocycles. The van der Waals surface area contributed by atoms with Crippen molar-refractivity contribution in [3.05, 3.63) is 72.9 Å². The fourth-order valence-electron chi connectivity index (χ4n) is 4.25. The Hall–Kier alpha value is -2.70. The fourth-order valence-corrected chi connectivity index (χ4v) is 4.25. The summed E-state index contributed by atoms with van der Waals surface area (Å²) >= 11 is 0. The van der Waals surface area contributed by atoms with Gasteiger partial charge in [-0.25, -0.2) is 0 Å². The summed E-state index contributed by atoms with van der Waals surface area (Å²) in [5.74, 6) is -0.883. The maximum Gasteiger partial charge on any atom is 0.306 e. The lowest BCUT2D eigenvalue weighted by Gasteiger charge is -2.16. The number of hydrogen-bond donors (Lipinski definition) is 2. The molecule has 0 rings (SSSR count). The zero-order valence-electron chi connectivity index (χ0n) is 27.8. The topological polar surface area (TPSA) is 93.1 Å². The minimum absolute atomic E-state index is 0.000222. The molecule has 0 saturated carbocycles. The van der Waals surface area contributed by atoms with Crippen LogP contribution in [0.25, 0.3) is 0 Å². The smallest absolute Gasteiger partial charge is 0.306 e. The number of unbranched alkanes of at least 4 members (excludes halogenated alkanes) is 9. The Bertz CT molecular complexity index is 851. The molecule has 6 heteroatoms. The predicted octanol–water partition coefficient (Wildman–Crippen LogP) is 9.19. The van der Waals surface area contributed by atoms with Crippen molar-refractivity contribution in [2.45, 2.75) is 142 Å². The van der Waals surface area contributed by atoms with Gasteiger partial charge in [-0.05, 0) is 44.9 Å². The van der Waals surface area contributed by atoms with E-state index in [2.05, 4.69) is 62.5 Å².